The average Bonchev–Trinajstić information content (AvgIpc) is 2.23. The van der Waals surface area contributed by atoms with Gasteiger partial charge in [0.15, 0.2) is 11.6 Å². The highest BCUT2D eigenvalue weighted by Gasteiger charge is 2.38. The van der Waals surface area contributed by atoms with Crippen molar-refractivity contribution in [3.63, 3.8) is 0 Å². The summed E-state index contributed by atoms with van der Waals surface area (Å²) in [6, 6.07) is 4.55. The third kappa shape index (κ3) is 1.56. The Morgan fingerprint density at radius 1 is 1.31 bits per heavy atom. The molecule has 84 valence electrons. The first kappa shape index (κ1) is 11.0. The first-order valence-electron chi connectivity index (χ1n) is 4.59. The second-order valence-electron chi connectivity index (χ2n) is 3.53. The van der Waals surface area contributed by atoms with Crippen LogP contribution in [0, 0.1) is 0 Å². The molecular weight excluding hydrogens is 230 g/mol. The Kier molecular flexibility index (Phi) is 2.40. The predicted octanol–water partition coefficient (Wildman–Crippen LogP) is 0.119. The van der Waals surface area contributed by atoms with Crippen LogP contribution in [0.5, 0.6) is 0 Å². The molecule has 1 heterocycles. The first-order chi connectivity index (χ1) is 7.43. The number of rotatable bonds is 1. The fourth-order valence-corrected chi connectivity index (χ4v) is 3.03. The van der Waals surface area contributed by atoms with Crippen LogP contribution in [0.2, 0.25) is 0 Å². The molecule has 0 fully saturated rings. The number of Topliss-reactive ketones (excluding diaryl/α,β-unsaturated/α-hetero) is 2. The maximum absolute atomic E-state index is 11.8. The van der Waals surface area contributed by atoms with Gasteiger partial charge in [0.2, 0.25) is 10.0 Å². The molecule has 16 heavy (non-hydrogen) atoms. The molecule has 5 nitrogen and oxygen atoms in total. The summed E-state index contributed by atoms with van der Waals surface area (Å²) in [5.74, 6) is -1.01. The average molecular weight is 239 g/mol. The summed E-state index contributed by atoms with van der Waals surface area (Å²) in [6.45, 7) is 1.18. The molecular formula is C10H9NO4S. The Hall–Kier alpha value is -1.53. The van der Waals surface area contributed by atoms with E-state index in [4.69, 9.17) is 0 Å². The van der Waals surface area contributed by atoms with Gasteiger partial charge in [-0.2, -0.15) is 4.72 Å². The van der Waals surface area contributed by atoms with E-state index in [9.17, 15) is 18.0 Å². The van der Waals surface area contributed by atoms with Crippen LogP contribution in [0.25, 0.3) is 0 Å². The second-order valence-corrected chi connectivity index (χ2v) is 5.21. The molecule has 2 rings (SSSR count). The van der Waals surface area contributed by atoms with Crippen molar-refractivity contribution in [3.8, 4) is 0 Å². The lowest BCUT2D eigenvalue weighted by Gasteiger charge is -2.22. The number of fused-ring (bicyclic) bond motifs is 1. The smallest absolute Gasteiger partial charge is 0.242 e. The zero-order chi connectivity index (χ0) is 11.9. The van der Waals surface area contributed by atoms with Gasteiger partial charge in [0.05, 0.1) is 4.90 Å². The Labute approximate surface area is 92.5 Å². The van der Waals surface area contributed by atoms with Gasteiger partial charge < -0.3 is 0 Å². The zero-order valence-electron chi connectivity index (χ0n) is 8.43. The van der Waals surface area contributed by atoms with Crippen LogP contribution < -0.4 is 4.72 Å². The van der Waals surface area contributed by atoms with Crippen molar-refractivity contribution < 1.29 is 18.0 Å². The molecule has 6 heteroatoms. The van der Waals surface area contributed by atoms with E-state index in [1.54, 1.807) is 6.07 Å². The summed E-state index contributed by atoms with van der Waals surface area (Å²) in [6.07, 6.45) is 0. The lowest BCUT2D eigenvalue weighted by molar-refractivity contribution is -0.117. The zero-order valence-corrected chi connectivity index (χ0v) is 9.24. The van der Waals surface area contributed by atoms with Crippen LogP contribution >= 0.6 is 0 Å². The summed E-state index contributed by atoms with van der Waals surface area (Å²) in [5.41, 5.74) is 0.0708. The minimum atomic E-state index is -3.76. The van der Waals surface area contributed by atoms with Crippen molar-refractivity contribution in [2.75, 3.05) is 0 Å². The molecule has 0 saturated heterocycles. The van der Waals surface area contributed by atoms with E-state index in [2.05, 4.69) is 4.72 Å². The van der Waals surface area contributed by atoms with Gasteiger partial charge in [-0.25, -0.2) is 8.42 Å². The fraction of sp³-hybridized carbons (Fsp3) is 0.200. The summed E-state index contributed by atoms with van der Waals surface area (Å²) < 4.78 is 25.5. The van der Waals surface area contributed by atoms with Crippen LogP contribution in [0.3, 0.4) is 0 Å². The second kappa shape index (κ2) is 3.50. The van der Waals surface area contributed by atoms with E-state index in [0.717, 1.165) is 0 Å². The Morgan fingerprint density at radius 3 is 2.56 bits per heavy atom. The SMILES string of the molecule is CC(=O)[C@H]1NS(=O)(=O)c2ccccc2C1=O. The molecule has 0 amide bonds. The maximum atomic E-state index is 11.8. The quantitative estimate of drug-likeness (QED) is 0.706. The van der Waals surface area contributed by atoms with Crippen molar-refractivity contribution >= 4 is 21.6 Å². The summed E-state index contributed by atoms with van der Waals surface area (Å²) in [4.78, 5) is 22.9. The standard InChI is InChI=1S/C10H9NO4S/c1-6(12)9-10(13)7-4-2-3-5-8(7)16(14,15)11-9/h2-5,9,11H,1H3/t9-/m1/s1. The summed E-state index contributed by atoms with van der Waals surface area (Å²) in [7, 11) is -3.76. The van der Waals surface area contributed by atoms with E-state index in [0.29, 0.717) is 0 Å². The molecule has 0 bridgehead atoms. The molecule has 1 atom stereocenters. The van der Waals surface area contributed by atoms with Gasteiger partial charge in [-0.05, 0) is 19.1 Å². The number of carbonyl (C=O) groups excluding carboxylic acids is 2. The lowest BCUT2D eigenvalue weighted by Crippen LogP contribution is -2.49. The number of ketones is 2. The summed E-state index contributed by atoms with van der Waals surface area (Å²) >= 11 is 0. The van der Waals surface area contributed by atoms with Crippen LogP contribution in [0.15, 0.2) is 29.2 Å². The van der Waals surface area contributed by atoms with Gasteiger partial charge in [-0.1, -0.05) is 12.1 Å². The van der Waals surface area contributed by atoms with Crippen LogP contribution in [-0.4, -0.2) is 26.0 Å². The fourth-order valence-electron chi connectivity index (χ4n) is 1.60. The molecule has 0 aliphatic carbocycles. The van der Waals surface area contributed by atoms with Crippen molar-refractivity contribution in [1.29, 1.82) is 0 Å². The summed E-state index contributed by atoms with van der Waals surface area (Å²) in [5, 5.41) is 0. The highest BCUT2D eigenvalue weighted by atomic mass is 32.2. The normalized spacial score (nSPS) is 22.6. The Balaban J connectivity index is 2.67. The lowest BCUT2D eigenvalue weighted by atomic mass is 10.0. The first-order valence-corrected chi connectivity index (χ1v) is 6.08. The number of sulfonamides is 1. The van der Waals surface area contributed by atoms with Gasteiger partial charge >= 0.3 is 0 Å². The monoisotopic (exact) mass is 239 g/mol. The molecule has 1 aromatic carbocycles. The minimum Gasteiger partial charge on any atom is -0.298 e. The third-order valence-electron chi connectivity index (χ3n) is 2.38. The van der Waals surface area contributed by atoms with E-state index in [1.165, 1.54) is 25.1 Å². The van der Waals surface area contributed by atoms with Gasteiger partial charge in [-0.3, -0.25) is 9.59 Å². The van der Waals surface area contributed by atoms with Crippen molar-refractivity contribution in [3.05, 3.63) is 29.8 Å². The number of benzene rings is 1. The molecule has 0 aromatic heterocycles. The van der Waals surface area contributed by atoms with Gasteiger partial charge in [0.1, 0.15) is 6.04 Å². The van der Waals surface area contributed by atoms with Gasteiger partial charge in [0.25, 0.3) is 0 Å². The molecule has 0 saturated carbocycles. The largest absolute Gasteiger partial charge is 0.298 e. The molecule has 1 aliphatic rings. The van der Waals surface area contributed by atoms with E-state index >= 15 is 0 Å². The molecule has 0 spiro atoms. The molecule has 1 aromatic rings. The molecule has 1 N–H and O–H groups in total. The number of hydrogen-bond acceptors (Lipinski definition) is 4. The molecule has 0 radical (unpaired) electrons. The highest BCUT2D eigenvalue weighted by Crippen LogP contribution is 2.22. The third-order valence-corrected chi connectivity index (χ3v) is 3.86. The van der Waals surface area contributed by atoms with Crippen LogP contribution in [0.4, 0.5) is 0 Å². The van der Waals surface area contributed by atoms with Crippen molar-refractivity contribution in [2.45, 2.75) is 17.9 Å². The predicted molar refractivity (Wildman–Crippen MR) is 55.6 cm³/mol. The van der Waals surface area contributed by atoms with Gasteiger partial charge in [0, 0.05) is 5.56 Å². The van der Waals surface area contributed by atoms with E-state index in [-0.39, 0.29) is 10.5 Å². The van der Waals surface area contributed by atoms with Gasteiger partial charge in [-0.15, -0.1) is 0 Å². The minimum absolute atomic E-state index is 0.0708. The number of hydrogen-bond donors (Lipinski definition) is 1. The topological polar surface area (TPSA) is 80.3 Å². The molecule has 0 unspecified atom stereocenters. The highest BCUT2D eigenvalue weighted by molar-refractivity contribution is 7.89. The molecule has 1 aliphatic heterocycles. The van der Waals surface area contributed by atoms with Crippen LogP contribution in [0.1, 0.15) is 17.3 Å². The number of nitrogens with one attached hydrogen (secondary N) is 1. The van der Waals surface area contributed by atoms with E-state index in [1.807, 2.05) is 0 Å². The Bertz CT molecular complexity index is 576. The van der Waals surface area contributed by atoms with Crippen molar-refractivity contribution in [1.82, 2.24) is 4.72 Å². The maximum Gasteiger partial charge on any atom is 0.242 e. The van der Waals surface area contributed by atoms with Crippen LogP contribution in [-0.2, 0) is 14.8 Å². The number of carbonyl (C=O) groups is 2. The van der Waals surface area contributed by atoms with E-state index < -0.39 is 27.6 Å². The Morgan fingerprint density at radius 2 is 1.94 bits per heavy atom. The van der Waals surface area contributed by atoms with Crippen molar-refractivity contribution in [2.24, 2.45) is 0 Å².